The predicted molar refractivity (Wildman–Crippen MR) is 155 cm³/mol. The number of aryl methyl sites for hydroxylation is 1. The summed E-state index contributed by atoms with van der Waals surface area (Å²) in [4.78, 5) is 32.0. The van der Waals surface area contributed by atoms with E-state index >= 15 is 0 Å². The maximum Gasteiger partial charge on any atom is 0.246 e. The van der Waals surface area contributed by atoms with E-state index < -0.39 is 11.6 Å². The fourth-order valence-corrected chi connectivity index (χ4v) is 6.24. The molecule has 5 nitrogen and oxygen atoms in total. The Kier molecular flexibility index (Phi) is 10.0. The van der Waals surface area contributed by atoms with Crippen molar-refractivity contribution in [1.82, 2.24) is 15.1 Å². The Morgan fingerprint density at radius 1 is 0.868 bits per heavy atom. The van der Waals surface area contributed by atoms with Crippen molar-refractivity contribution in [3.8, 4) is 0 Å². The lowest BCUT2D eigenvalue weighted by atomic mass is 9.80. The highest BCUT2D eigenvalue weighted by atomic mass is 16.2. The minimum atomic E-state index is -0.722. The van der Waals surface area contributed by atoms with Crippen molar-refractivity contribution in [3.63, 3.8) is 0 Å². The molecule has 206 valence electrons. The monoisotopic (exact) mass is 517 g/mol. The molecule has 0 radical (unpaired) electrons. The summed E-state index contributed by atoms with van der Waals surface area (Å²) in [5, 5.41) is 3.15. The van der Waals surface area contributed by atoms with Crippen LogP contribution >= 0.6 is 0 Å². The number of piperidine rings is 1. The average molecular weight is 518 g/mol. The van der Waals surface area contributed by atoms with Gasteiger partial charge in [-0.05, 0) is 68.0 Å². The van der Waals surface area contributed by atoms with Gasteiger partial charge in [-0.15, -0.1) is 0 Å². The summed E-state index contributed by atoms with van der Waals surface area (Å²) in [6.45, 7) is 9.81. The maximum absolute atomic E-state index is 13.8. The standard InChI is InChI=1S/C33H47N3O2/c1-26(2)24-30-31(37)36(25-27(3)29-17-11-7-12-18-29)33(32(38)34-30)19-22-35(23-20-33)21-13-5-4-8-14-28-15-9-6-10-16-28/h6-7,9-12,15-18,26-27,30H,4-5,8,13-14,19-25H2,1-3H3,(H,34,38)/t27?,30-/m0/s1. The molecule has 0 aromatic heterocycles. The number of likely N-dealkylation sites (tertiary alicyclic amines) is 1. The van der Waals surface area contributed by atoms with Gasteiger partial charge in [0.1, 0.15) is 11.6 Å². The van der Waals surface area contributed by atoms with Gasteiger partial charge in [-0.2, -0.15) is 0 Å². The van der Waals surface area contributed by atoms with Crippen LogP contribution in [0, 0.1) is 5.92 Å². The summed E-state index contributed by atoms with van der Waals surface area (Å²) in [6.07, 6.45) is 8.21. The molecule has 2 aromatic carbocycles. The van der Waals surface area contributed by atoms with Gasteiger partial charge in [0.25, 0.3) is 0 Å². The first-order chi connectivity index (χ1) is 18.4. The van der Waals surface area contributed by atoms with Gasteiger partial charge in [-0.25, -0.2) is 0 Å². The first-order valence-corrected chi connectivity index (χ1v) is 14.8. The topological polar surface area (TPSA) is 52.7 Å². The molecule has 2 aliphatic rings. The Balaban J connectivity index is 1.33. The van der Waals surface area contributed by atoms with Crippen molar-refractivity contribution in [2.45, 2.75) is 89.6 Å². The Bertz CT molecular complexity index is 1020. The summed E-state index contributed by atoms with van der Waals surface area (Å²) < 4.78 is 0. The molecule has 1 unspecified atom stereocenters. The minimum Gasteiger partial charge on any atom is -0.342 e. The molecule has 5 heteroatoms. The smallest absolute Gasteiger partial charge is 0.246 e. The second-order valence-corrected chi connectivity index (χ2v) is 11.9. The number of benzene rings is 2. The van der Waals surface area contributed by atoms with E-state index in [9.17, 15) is 9.59 Å². The molecule has 4 rings (SSSR count). The van der Waals surface area contributed by atoms with Crippen LogP contribution in [0.25, 0.3) is 0 Å². The Morgan fingerprint density at radius 2 is 1.50 bits per heavy atom. The number of rotatable bonds is 12. The van der Waals surface area contributed by atoms with E-state index in [2.05, 4.69) is 73.5 Å². The van der Waals surface area contributed by atoms with Crippen LogP contribution in [-0.4, -0.2) is 59.4 Å². The second-order valence-electron chi connectivity index (χ2n) is 11.9. The first kappa shape index (κ1) is 28.4. The largest absolute Gasteiger partial charge is 0.342 e. The Morgan fingerprint density at radius 3 is 2.16 bits per heavy atom. The van der Waals surface area contributed by atoms with Crippen LogP contribution in [0.5, 0.6) is 0 Å². The highest BCUT2D eigenvalue weighted by Crippen LogP contribution is 2.36. The summed E-state index contributed by atoms with van der Waals surface area (Å²) in [7, 11) is 0. The summed E-state index contributed by atoms with van der Waals surface area (Å²) >= 11 is 0. The second kappa shape index (κ2) is 13.4. The highest BCUT2D eigenvalue weighted by Gasteiger charge is 2.53. The third-order valence-corrected chi connectivity index (χ3v) is 8.56. The zero-order valence-corrected chi connectivity index (χ0v) is 23.7. The van der Waals surface area contributed by atoms with Gasteiger partial charge in [0.2, 0.25) is 11.8 Å². The molecule has 1 N–H and O–H groups in total. The third-order valence-electron chi connectivity index (χ3n) is 8.56. The van der Waals surface area contributed by atoms with E-state index in [1.807, 2.05) is 23.1 Å². The highest BCUT2D eigenvalue weighted by molar-refractivity contribution is 6.00. The third kappa shape index (κ3) is 7.05. The Hall–Kier alpha value is -2.66. The van der Waals surface area contributed by atoms with Crippen molar-refractivity contribution in [2.24, 2.45) is 5.92 Å². The lowest BCUT2D eigenvalue weighted by molar-refractivity contribution is -0.162. The molecule has 2 amide bonds. The van der Waals surface area contributed by atoms with Crippen LogP contribution in [0.3, 0.4) is 0 Å². The summed E-state index contributed by atoms with van der Waals surface area (Å²) in [5.74, 6) is 0.689. The van der Waals surface area contributed by atoms with Crippen molar-refractivity contribution in [2.75, 3.05) is 26.2 Å². The van der Waals surface area contributed by atoms with Crippen molar-refractivity contribution in [3.05, 3.63) is 71.8 Å². The van der Waals surface area contributed by atoms with Crippen molar-refractivity contribution >= 4 is 11.8 Å². The lowest BCUT2D eigenvalue weighted by Crippen LogP contribution is -2.73. The van der Waals surface area contributed by atoms with Gasteiger partial charge < -0.3 is 15.1 Å². The molecule has 0 aliphatic carbocycles. The predicted octanol–water partition coefficient (Wildman–Crippen LogP) is 5.80. The number of carbonyl (C=O) groups is 2. The number of carbonyl (C=O) groups excluding carboxylic acids is 2. The molecular weight excluding hydrogens is 470 g/mol. The fraction of sp³-hybridized carbons (Fsp3) is 0.576. The van der Waals surface area contributed by atoms with Gasteiger partial charge >= 0.3 is 0 Å². The number of hydrogen-bond acceptors (Lipinski definition) is 3. The molecule has 38 heavy (non-hydrogen) atoms. The number of nitrogens with one attached hydrogen (secondary N) is 1. The van der Waals surface area contributed by atoms with Crippen molar-refractivity contribution in [1.29, 1.82) is 0 Å². The van der Waals surface area contributed by atoms with Crippen LogP contribution in [0.4, 0.5) is 0 Å². The number of nitrogens with zero attached hydrogens (tertiary/aromatic N) is 2. The van der Waals surface area contributed by atoms with Gasteiger partial charge in [0.15, 0.2) is 0 Å². The molecule has 2 atom stereocenters. The molecule has 0 bridgehead atoms. The molecule has 0 saturated carbocycles. The molecular formula is C33H47N3O2. The lowest BCUT2D eigenvalue weighted by Gasteiger charge is -2.52. The maximum atomic E-state index is 13.8. The van der Waals surface area contributed by atoms with E-state index in [4.69, 9.17) is 0 Å². The van der Waals surface area contributed by atoms with Crippen LogP contribution in [0.2, 0.25) is 0 Å². The normalized spacial score (nSPS) is 20.6. The SMILES string of the molecule is CC(C)C[C@@H]1NC(=O)C2(CCN(CCCCCCc3ccccc3)CC2)N(CC(C)c2ccccc2)C1=O. The average Bonchev–Trinajstić information content (AvgIpc) is 2.93. The number of amides is 2. The quantitative estimate of drug-likeness (QED) is 0.362. The zero-order valence-electron chi connectivity index (χ0n) is 23.7. The summed E-state index contributed by atoms with van der Waals surface area (Å²) in [5.41, 5.74) is 1.92. The van der Waals surface area contributed by atoms with Gasteiger partial charge in [-0.1, -0.05) is 94.3 Å². The number of unbranched alkanes of at least 4 members (excludes halogenated alkanes) is 3. The van der Waals surface area contributed by atoms with E-state index in [0.717, 1.165) is 26.1 Å². The van der Waals surface area contributed by atoms with Crippen molar-refractivity contribution < 1.29 is 9.59 Å². The molecule has 2 aromatic rings. The van der Waals surface area contributed by atoms with E-state index in [1.54, 1.807) is 0 Å². The fourth-order valence-electron chi connectivity index (χ4n) is 6.24. The molecule has 2 saturated heterocycles. The van der Waals surface area contributed by atoms with Crippen LogP contribution in [0.1, 0.15) is 82.8 Å². The van der Waals surface area contributed by atoms with Crippen LogP contribution in [0.15, 0.2) is 60.7 Å². The van der Waals surface area contributed by atoms with Gasteiger partial charge in [0.05, 0.1) is 0 Å². The van der Waals surface area contributed by atoms with Gasteiger partial charge in [-0.3, -0.25) is 9.59 Å². The van der Waals surface area contributed by atoms with Crippen LogP contribution < -0.4 is 5.32 Å². The molecule has 2 aliphatic heterocycles. The summed E-state index contributed by atoms with van der Waals surface area (Å²) in [6, 6.07) is 20.7. The first-order valence-electron chi connectivity index (χ1n) is 14.8. The van der Waals surface area contributed by atoms with E-state index in [1.165, 1.54) is 36.8 Å². The van der Waals surface area contributed by atoms with E-state index in [0.29, 0.717) is 31.7 Å². The Labute approximate surface area is 230 Å². The van der Waals surface area contributed by atoms with Crippen LogP contribution in [-0.2, 0) is 16.0 Å². The number of hydrogen-bond donors (Lipinski definition) is 1. The number of piperazine rings is 1. The van der Waals surface area contributed by atoms with Gasteiger partial charge in [0, 0.05) is 19.6 Å². The zero-order chi connectivity index (χ0) is 27.0. The van der Waals surface area contributed by atoms with E-state index in [-0.39, 0.29) is 17.7 Å². The molecule has 2 fully saturated rings. The molecule has 1 spiro atoms. The minimum absolute atomic E-state index is 0.0589. The molecule has 2 heterocycles.